The zero-order chi connectivity index (χ0) is 10.0. The van der Waals surface area contributed by atoms with Crippen molar-refractivity contribution in [3.8, 4) is 0 Å². The lowest BCUT2D eigenvalue weighted by Crippen LogP contribution is -2.40. The highest BCUT2D eigenvalue weighted by Gasteiger charge is 2.53. The van der Waals surface area contributed by atoms with Crippen molar-refractivity contribution in [1.29, 1.82) is 0 Å². The van der Waals surface area contributed by atoms with Gasteiger partial charge in [0.25, 0.3) is 5.79 Å². The normalized spacial score (nSPS) is 20.4. The molecule has 0 radical (unpaired) electrons. The van der Waals surface area contributed by atoms with E-state index < -0.39 is 5.79 Å². The van der Waals surface area contributed by atoms with Crippen molar-refractivity contribution in [3.05, 3.63) is 35.9 Å². The molecule has 1 fully saturated rings. The summed E-state index contributed by atoms with van der Waals surface area (Å²) in [6.07, 6.45) is 0.702. The van der Waals surface area contributed by atoms with E-state index in [-0.39, 0.29) is 11.9 Å². The fourth-order valence-corrected chi connectivity index (χ4v) is 1.63. The van der Waals surface area contributed by atoms with Crippen LogP contribution in [-0.2, 0) is 16.2 Å². The van der Waals surface area contributed by atoms with Crippen LogP contribution in [0.15, 0.2) is 30.3 Å². The molecule has 4 heteroatoms. The van der Waals surface area contributed by atoms with Gasteiger partial charge < -0.3 is 5.73 Å². The summed E-state index contributed by atoms with van der Waals surface area (Å²) >= 11 is 5.69. The van der Waals surface area contributed by atoms with E-state index in [1.807, 2.05) is 30.3 Å². The lowest BCUT2D eigenvalue weighted by molar-refractivity contribution is 0.0850. The Morgan fingerprint density at radius 3 is 2.43 bits per heavy atom. The number of hydrogen-bond donors (Lipinski definition) is 1. The quantitative estimate of drug-likeness (QED) is 0.468. The first kappa shape index (κ1) is 9.93. The number of benzene rings is 1. The third kappa shape index (κ3) is 1.91. The minimum atomic E-state index is -0.753. The molecular formula is C10H12ClNO2. The van der Waals surface area contributed by atoms with E-state index in [9.17, 15) is 0 Å². The van der Waals surface area contributed by atoms with Gasteiger partial charge in [0.1, 0.15) is 0 Å². The summed E-state index contributed by atoms with van der Waals surface area (Å²) in [4.78, 5) is 9.64. The SMILES string of the molecule is N[C@@H](Cc1ccccc1)C1(CCl)OO1. The highest BCUT2D eigenvalue weighted by Crippen LogP contribution is 2.34. The van der Waals surface area contributed by atoms with Crippen LogP contribution in [0.2, 0.25) is 0 Å². The molecule has 1 heterocycles. The molecule has 1 saturated heterocycles. The summed E-state index contributed by atoms with van der Waals surface area (Å²) in [5, 5.41) is 0. The van der Waals surface area contributed by atoms with Gasteiger partial charge in [-0.2, -0.15) is 9.78 Å². The molecular weight excluding hydrogens is 202 g/mol. The van der Waals surface area contributed by atoms with Crippen molar-refractivity contribution >= 4 is 11.6 Å². The molecule has 14 heavy (non-hydrogen) atoms. The summed E-state index contributed by atoms with van der Waals surface area (Å²) in [6.45, 7) is 0. The van der Waals surface area contributed by atoms with Crippen molar-refractivity contribution in [3.63, 3.8) is 0 Å². The molecule has 0 aromatic heterocycles. The number of nitrogens with two attached hydrogens (primary N) is 1. The Morgan fingerprint density at radius 1 is 1.29 bits per heavy atom. The molecule has 0 aliphatic carbocycles. The number of hydrogen-bond acceptors (Lipinski definition) is 3. The van der Waals surface area contributed by atoms with Crippen LogP contribution in [0.3, 0.4) is 0 Å². The molecule has 76 valence electrons. The van der Waals surface area contributed by atoms with Crippen molar-refractivity contribution in [2.24, 2.45) is 5.73 Å². The summed E-state index contributed by atoms with van der Waals surface area (Å²) < 4.78 is 0. The Morgan fingerprint density at radius 2 is 1.93 bits per heavy atom. The minimum absolute atomic E-state index is 0.220. The standard InChI is InChI=1S/C10H12ClNO2/c11-7-10(13-14-10)9(12)6-8-4-2-1-3-5-8/h1-5,9H,6-7,12H2/t9-/m0/s1. The van der Waals surface area contributed by atoms with E-state index in [2.05, 4.69) is 0 Å². The summed E-state index contributed by atoms with van der Waals surface area (Å²) in [5.41, 5.74) is 7.08. The van der Waals surface area contributed by atoms with Crippen LogP contribution >= 0.6 is 11.6 Å². The molecule has 0 amide bonds. The van der Waals surface area contributed by atoms with Crippen LogP contribution in [0.1, 0.15) is 5.56 Å². The molecule has 0 saturated carbocycles. The lowest BCUT2D eigenvalue weighted by Gasteiger charge is -2.13. The van der Waals surface area contributed by atoms with Gasteiger partial charge in [-0.15, -0.1) is 11.6 Å². The zero-order valence-corrected chi connectivity index (χ0v) is 8.41. The van der Waals surface area contributed by atoms with Crippen molar-refractivity contribution in [2.75, 3.05) is 5.88 Å². The predicted molar refractivity (Wildman–Crippen MR) is 53.7 cm³/mol. The molecule has 2 N–H and O–H groups in total. The van der Waals surface area contributed by atoms with Gasteiger partial charge >= 0.3 is 0 Å². The van der Waals surface area contributed by atoms with Gasteiger partial charge in [-0.1, -0.05) is 30.3 Å². The number of rotatable bonds is 4. The first-order valence-electron chi connectivity index (χ1n) is 4.49. The first-order valence-corrected chi connectivity index (χ1v) is 5.02. The van der Waals surface area contributed by atoms with E-state index in [0.29, 0.717) is 6.42 Å². The van der Waals surface area contributed by atoms with Gasteiger partial charge in [-0.25, -0.2) is 0 Å². The molecule has 2 rings (SSSR count). The molecule has 1 aromatic rings. The van der Waals surface area contributed by atoms with Gasteiger partial charge in [-0.3, -0.25) is 0 Å². The summed E-state index contributed by atoms with van der Waals surface area (Å²) in [5.74, 6) is -0.488. The average Bonchev–Trinajstić information content (AvgIpc) is 3.00. The van der Waals surface area contributed by atoms with Crippen LogP contribution in [0, 0.1) is 0 Å². The molecule has 1 aliphatic heterocycles. The van der Waals surface area contributed by atoms with Crippen LogP contribution < -0.4 is 5.73 Å². The van der Waals surface area contributed by atoms with Crippen LogP contribution in [-0.4, -0.2) is 17.7 Å². The zero-order valence-electron chi connectivity index (χ0n) is 7.65. The van der Waals surface area contributed by atoms with Crippen LogP contribution in [0.5, 0.6) is 0 Å². The monoisotopic (exact) mass is 213 g/mol. The second-order valence-corrected chi connectivity index (χ2v) is 3.68. The van der Waals surface area contributed by atoms with Crippen molar-refractivity contribution in [1.82, 2.24) is 0 Å². The Labute approximate surface area is 87.7 Å². The summed E-state index contributed by atoms with van der Waals surface area (Å²) in [6, 6.07) is 9.74. The highest BCUT2D eigenvalue weighted by atomic mass is 35.5. The summed E-state index contributed by atoms with van der Waals surface area (Å²) in [7, 11) is 0. The van der Waals surface area contributed by atoms with E-state index >= 15 is 0 Å². The molecule has 0 spiro atoms. The van der Waals surface area contributed by atoms with Gasteiger partial charge in [0.2, 0.25) is 0 Å². The maximum Gasteiger partial charge on any atom is 0.262 e. The van der Waals surface area contributed by atoms with Gasteiger partial charge in [0.15, 0.2) is 0 Å². The topological polar surface area (TPSA) is 51.1 Å². The van der Waals surface area contributed by atoms with E-state index in [1.54, 1.807) is 0 Å². The van der Waals surface area contributed by atoms with E-state index in [4.69, 9.17) is 27.1 Å². The number of alkyl halides is 1. The minimum Gasteiger partial charge on any atom is -0.323 e. The molecule has 1 atom stereocenters. The fraction of sp³-hybridized carbons (Fsp3) is 0.400. The fourth-order valence-electron chi connectivity index (χ4n) is 1.34. The Bertz CT molecular complexity index is 300. The molecule has 0 bridgehead atoms. The van der Waals surface area contributed by atoms with Gasteiger partial charge in [0, 0.05) is 0 Å². The van der Waals surface area contributed by atoms with E-state index in [1.165, 1.54) is 0 Å². The maximum absolute atomic E-state index is 5.92. The molecule has 0 unspecified atom stereocenters. The van der Waals surface area contributed by atoms with E-state index in [0.717, 1.165) is 5.56 Å². The average molecular weight is 214 g/mol. The van der Waals surface area contributed by atoms with Crippen LogP contribution in [0.4, 0.5) is 0 Å². The van der Waals surface area contributed by atoms with Gasteiger partial charge in [-0.05, 0) is 12.0 Å². The van der Waals surface area contributed by atoms with Crippen molar-refractivity contribution in [2.45, 2.75) is 18.2 Å². The van der Waals surface area contributed by atoms with Crippen molar-refractivity contribution < 1.29 is 9.78 Å². The Kier molecular flexibility index (Phi) is 2.74. The Balaban J connectivity index is 1.98. The number of halogens is 1. The lowest BCUT2D eigenvalue weighted by atomic mass is 10.0. The molecule has 1 aliphatic rings. The second-order valence-electron chi connectivity index (χ2n) is 3.41. The third-order valence-electron chi connectivity index (χ3n) is 2.35. The Hall–Kier alpha value is -0.610. The predicted octanol–water partition coefficient (Wildman–Crippen LogP) is 1.45. The van der Waals surface area contributed by atoms with Gasteiger partial charge in [0.05, 0.1) is 11.9 Å². The van der Waals surface area contributed by atoms with Crippen LogP contribution in [0.25, 0.3) is 0 Å². The molecule has 1 aromatic carbocycles. The smallest absolute Gasteiger partial charge is 0.262 e. The first-order chi connectivity index (χ1) is 6.77. The third-order valence-corrected chi connectivity index (χ3v) is 2.72. The largest absolute Gasteiger partial charge is 0.323 e. The molecule has 3 nitrogen and oxygen atoms in total. The second kappa shape index (κ2) is 3.87. The highest BCUT2D eigenvalue weighted by molar-refractivity contribution is 6.18. The maximum atomic E-state index is 5.92.